The molecule has 1 atom stereocenters. The van der Waals surface area contributed by atoms with E-state index in [2.05, 4.69) is 10.6 Å². The first kappa shape index (κ1) is 20.5. The molecule has 21 heavy (non-hydrogen) atoms. The zero-order valence-corrected chi connectivity index (χ0v) is 13.8. The summed E-state index contributed by atoms with van der Waals surface area (Å²) in [7, 11) is 0. The molecule has 4 nitrogen and oxygen atoms in total. The third kappa shape index (κ3) is 7.34. The van der Waals surface area contributed by atoms with Crippen molar-refractivity contribution >= 4 is 24.8 Å². The van der Waals surface area contributed by atoms with Crippen LogP contribution in [0, 0.1) is 0 Å². The fourth-order valence-electron chi connectivity index (χ4n) is 2.50. The summed E-state index contributed by atoms with van der Waals surface area (Å²) in [5.74, 6) is 0.314. The molecule has 122 valence electrons. The molecule has 1 aliphatic rings. The Kier molecular flexibility index (Phi) is 9.99. The molecule has 0 bridgehead atoms. The molecule has 4 N–H and O–H groups in total. The van der Waals surface area contributed by atoms with Gasteiger partial charge in [-0.2, -0.15) is 0 Å². The average molecular weight is 337 g/mol. The van der Waals surface area contributed by atoms with Gasteiger partial charge in [0.2, 0.25) is 0 Å². The van der Waals surface area contributed by atoms with Crippen molar-refractivity contribution in [1.82, 2.24) is 10.6 Å². The van der Waals surface area contributed by atoms with E-state index in [1.54, 1.807) is 12.1 Å². The summed E-state index contributed by atoms with van der Waals surface area (Å²) in [5, 5.41) is 26.0. The lowest BCUT2D eigenvalue weighted by molar-refractivity contribution is 0.0173. The van der Waals surface area contributed by atoms with Crippen LogP contribution in [-0.4, -0.2) is 42.0 Å². The second kappa shape index (κ2) is 10.2. The molecule has 0 radical (unpaired) electrons. The zero-order valence-electron chi connectivity index (χ0n) is 12.2. The maximum Gasteiger partial charge on any atom is 0.115 e. The van der Waals surface area contributed by atoms with Crippen LogP contribution in [0.1, 0.15) is 24.8 Å². The van der Waals surface area contributed by atoms with E-state index in [1.165, 1.54) is 5.56 Å². The summed E-state index contributed by atoms with van der Waals surface area (Å²) >= 11 is 0. The van der Waals surface area contributed by atoms with Crippen LogP contribution in [0.4, 0.5) is 0 Å². The fraction of sp³-hybridized carbons (Fsp3) is 0.600. The number of β-amino-alcohol motifs (C(OH)–C–C–N with tert-alkyl or cyclic N) is 1. The monoisotopic (exact) mass is 336 g/mol. The van der Waals surface area contributed by atoms with Crippen LogP contribution in [0.5, 0.6) is 5.75 Å². The SMILES string of the molecule is Cl.Cl.Oc1ccc(CCCNCC2(O)CCCNC2)cc1. The molecule has 1 saturated heterocycles. The molecule has 1 aliphatic heterocycles. The van der Waals surface area contributed by atoms with Crippen LogP contribution in [0.3, 0.4) is 0 Å². The molecule has 1 unspecified atom stereocenters. The molecule has 1 heterocycles. The standard InChI is InChI=1S/C15H24N2O2.2ClH/c18-14-6-4-13(5-7-14)3-1-9-16-11-15(19)8-2-10-17-12-15;;/h4-7,16-19H,1-3,8-12H2;2*1H. The van der Waals surface area contributed by atoms with E-state index in [4.69, 9.17) is 0 Å². The van der Waals surface area contributed by atoms with Gasteiger partial charge in [0.05, 0.1) is 5.60 Å². The molecule has 0 amide bonds. The molecule has 0 spiro atoms. The van der Waals surface area contributed by atoms with Crippen LogP contribution in [0.25, 0.3) is 0 Å². The number of nitrogens with one attached hydrogen (secondary N) is 2. The van der Waals surface area contributed by atoms with Gasteiger partial charge < -0.3 is 20.8 Å². The molecule has 2 rings (SSSR count). The number of halogens is 2. The quantitative estimate of drug-likeness (QED) is 0.599. The van der Waals surface area contributed by atoms with Crippen molar-refractivity contribution in [3.8, 4) is 5.75 Å². The van der Waals surface area contributed by atoms with Gasteiger partial charge in [0.15, 0.2) is 0 Å². The fourth-order valence-corrected chi connectivity index (χ4v) is 2.50. The number of piperidine rings is 1. The second-order valence-corrected chi connectivity index (χ2v) is 5.45. The van der Waals surface area contributed by atoms with Crippen molar-refractivity contribution in [2.24, 2.45) is 0 Å². The van der Waals surface area contributed by atoms with Crippen molar-refractivity contribution in [3.63, 3.8) is 0 Å². The lowest BCUT2D eigenvalue weighted by atomic mass is 9.94. The Hall–Kier alpha value is -0.520. The van der Waals surface area contributed by atoms with E-state index >= 15 is 0 Å². The van der Waals surface area contributed by atoms with E-state index in [0.29, 0.717) is 18.8 Å². The third-order valence-electron chi connectivity index (χ3n) is 3.66. The Morgan fingerprint density at radius 2 is 1.90 bits per heavy atom. The highest BCUT2D eigenvalue weighted by atomic mass is 35.5. The van der Waals surface area contributed by atoms with Gasteiger partial charge in [0.25, 0.3) is 0 Å². The van der Waals surface area contributed by atoms with Crippen LogP contribution in [0.2, 0.25) is 0 Å². The molecule has 1 aromatic carbocycles. The first-order valence-electron chi connectivity index (χ1n) is 7.10. The maximum absolute atomic E-state index is 10.3. The van der Waals surface area contributed by atoms with E-state index in [0.717, 1.165) is 38.8 Å². The summed E-state index contributed by atoms with van der Waals surface area (Å²) in [6.07, 6.45) is 3.95. The maximum atomic E-state index is 10.3. The van der Waals surface area contributed by atoms with Gasteiger partial charge >= 0.3 is 0 Å². The molecule has 1 aromatic rings. The molecule has 0 saturated carbocycles. The normalized spacial score (nSPS) is 21.2. The lowest BCUT2D eigenvalue weighted by Crippen LogP contribution is -2.52. The Balaban J connectivity index is 0.00000200. The Morgan fingerprint density at radius 3 is 2.52 bits per heavy atom. The number of aryl methyl sites for hydroxylation is 1. The largest absolute Gasteiger partial charge is 0.508 e. The molecular formula is C15H26Cl2N2O2. The van der Waals surface area contributed by atoms with E-state index < -0.39 is 5.60 Å². The summed E-state index contributed by atoms with van der Waals surface area (Å²) in [4.78, 5) is 0. The van der Waals surface area contributed by atoms with Crippen molar-refractivity contribution in [2.75, 3.05) is 26.2 Å². The topological polar surface area (TPSA) is 64.5 Å². The van der Waals surface area contributed by atoms with Gasteiger partial charge in [-0.25, -0.2) is 0 Å². The van der Waals surface area contributed by atoms with Crippen molar-refractivity contribution in [1.29, 1.82) is 0 Å². The minimum absolute atomic E-state index is 0. The van der Waals surface area contributed by atoms with E-state index in [1.807, 2.05) is 12.1 Å². The van der Waals surface area contributed by atoms with Crippen molar-refractivity contribution in [2.45, 2.75) is 31.3 Å². The number of hydrogen-bond acceptors (Lipinski definition) is 4. The number of rotatable bonds is 6. The number of aliphatic hydroxyl groups is 1. The van der Waals surface area contributed by atoms with Crippen molar-refractivity contribution < 1.29 is 10.2 Å². The summed E-state index contributed by atoms with van der Waals surface area (Å²) < 4.78 is 0. The van der Waals surface area contributed by atoms with E-state index in [-0.39, 0.29) is 24.8 Å². The van der Waals surface area contributed by atoms with Gasteiger partial charge in [-0.1, -0.05) is 12.1 Å². The van der Waals surface area contributed by atoms with Crippen LogP contribution in [0.15, 0.2) is 24.3 Å². The Bertz CT molecular complexity index is 382. The number of aromatic hydroxyl groups is 1. The zero-order chi connectivity index (χ0) is 13.6. The highest BCUT2D eigenvalue weighted by Crippen LogP contribution is 2.14. The number of benzene rings is 1. The third-order valence-corrected chi connectivity index (χ3v) is 3.66. The molecule has 1 fully saturated rings. The average Bonchev–Trinajstić information content (AvgIpc) is 2.41. The van der Waals surface area contributed by atoms with Crippen LogP contribution < -0.4 is 10.6 Å². The molecule has 0 aliphatic carbocycles. The van der Waals surface area contributed by atoms with Gasteiger partial charge in [-0.3, -0.25) is 0 Å². The van der Waals surface area contributed by atoms with Gasteiger partial charge in [0.1, 0.15) is 5.75 Å². The number of phenolic OH excluding ortho intramolecular Hbond substituents is 1. The second-order valence-electron chi connectivity index (χ2n) is 5.45. The number of phenols is 1. The summed E-state index contributed by atoms with van der Waals surface area (Å²) in [5.41, 5.74) is 0.661. The first-order valence-corrected chi connectivity index (χ1v) is 7.10. The summed E-state index contributed by atoms with van der Waals surface area (Å²) in [6, 6.07) is 7.35. The van der Waals surface area contributed by atoms with Gasteiger partial charge in [-0.05, 0) is 56.5 Å². The predicted molar refractivity (Wildman–Crippen MR) is 90.8 cm³/mol. The molecular weight excluding hydrogens is 311 g/mol. The van der Waals surface area contributed by atoms with E-state index in [9.17, 15) is 10.2 Å². The minimum atomic E-state index is -0.573. The summed E-state index contributed by atoms with van der Waals surface area (Å²) in [6.45, 7) is 3.28. The van der Waals surface area contributed by atoms with Crippen LogP contribution >= 0.6 is 24.8 Å². The first-order chi connectivity index (χ1) is 9.18. The Morgan fingerprint density at radius 1 is 1.19 bits per heavy atom. The van der Waals surface area contributed by atoms with Gasteiger partial charge in [0, 0.05) is 13.1 Å². The smallest absolute Gasteiger partial charge is 0.115 e. The molecule has 6 heteroatoms. The highest BCUT2D eigenvalue weighted by molar-refractivity contribution is 5.85. The molecule has 0 aromatic heterocycles. The van der Waals surface area contributed by atoms with Gasteiger partial charge in [-0.15, -0.1) is 24.8 Å². The minimum Gasteiger partial charge on any atom is -0.508 e. The Labute approximate surface area is 139 Å². The van der Waals surface area contributed by atoms with Crippen molar-refractivity contribution in [3.05, 3.63) is 29.8 Å². The highest BCUT2D eigenvalue weighted by Gasteiger charge is 2.28. The number of hydrogen-bond donors (Lipinski definition) is 4. The predicted octanol–water partition coefficient (Wildman–Crippen LogP) is 1.87. The van der Waals surface area contributed by atoms with Crippen LogP contribution in [-0.2, 0) is 6.42 Å². The lowest BCUT2D eigenvalue weighted by Gasteiger charge is -2.32.